The summed E-state index contributed by atoms with van der Waals surface area (Å²) in [6.07, 6.45) is 0. The highest BCUT2D eigenvalue weighted by atomic mass is 35.5. The van der Waals surface area contributed by atoms with Gasteiger partial charge in [0.2, 0.25) is 0 Å². The van der Waals surface area contributed by atoms with Crippen molar-refractivity contribution in [3.8, 4) is 0 Å². The van der Waals surface area contributed by atoms with Gasteiger partial charge in [0.15, 0.2) is 0 Å². The number of halogens is 1. The fourth-order valence-corrected chi connectivity index (χ4v) is 4.01. The fraction of sp³-hybridized carbons (Fsp3) is 0. The SMILES string of the molecule is Clc1cc2c(cc1Nc1ccc3c(c1)oc1ccccc13)oc1ccccc12. The predicted molar refractivity (Wildman–Crippen MR) is 116 cm³/mol. The molecule has 0 amide bonds. The Bertz CT molecular complexity index is 1510. The summed E-state index contributed by atoms with van der Waals surface area (Å²) in [5.41, 5.74) is 5.09. The van der Waals surface area contributed by atoms with E-state index in [0.717, 1.165) is 55.3 Å². The number of hydrogen-bond donors (Lipinski definition) is 1. The summed E-state index contributed by atoms with van der Waals surface area (Å²) < 4.78 is 12.0. The van der Waals surface area contributed by atoms with Gasteiger partial charge in [0.25, 0.3) is 0 Å². The molecule has 0 atom stereocenters. The minimum atomic E-state index is 0.642. The standard InChI is InChI=1S/C24H14ClNO2/c25-19-12-18-16-6-2-4-8-22(16)28-24(18)13-20(19)26-14-9-10-17-15-5-1-3-7-21(15)27-23(17)11-14/h1-13,26H. The molecule has 0 fully saturated rings. The van der Waals surface area contributed by atoms with Crippen LogP contribution in [-0.4, -0.2) is 0 Å². The third-order valence-corrected chi connectivity index (χ3v) is 5.44. The maximum Gasteiger partial charge on any atom is 0.137 e. The second-order valence-corrected chi connectivity index (χ2v) is 7.27. The van der Waals surface area contributed by atoms with Crippen LogP contribution >= 0.6 is 11.6 Å². The summed E-state index contributed by atoms with van der Waals surface area (Å²) >= 11 is 6.57. The number of furan rings is 2. The zero-order chi connectivity index (χ0) is 18.7. The minimum absolute atomic E-state index is 0.642. The summed E-state index contributed by atoms with van der Waals surface area (Å²) in [4.78, 5) is 0. The highest BCUT2D eigenvalue weighted by molar-refractivity contribution is 6.34. The van der Waals surface area contributed by atoms with E-state index in [2.05, 4.69) is 17.4 Å². The van der Waals surface area contributed by atoms with Crippen LogP contribution in [0.3, 0.4) is 0 Å². The molecule has 0 saturated carbocycles. The van der Waals surface area contributed by atoms with Crippen molar-refractivity contribution in [1.82, 2.24) is 0 Å². The zero-order valence-corrected chi connectivity index (χ0v) is 15.5. The Labute approximate surface area is 165 Å². The Morgan fingerprint density at radius 2 is 1.18 bits per heavy atom. The first-order valence-corrected chi connectivity index (χ1v) is 9.43. The average Bonchev–Trinajstić information content (AvgIpc) is 3.25. The molecular weight excluding hydrogens is 370 g/mol. The van der Waals surface area contributed by atoms with Crippen LogP contribution in [0.4, 0.5) is 11.4 Å². The van der Waals surface area contributed by atoms with Crippen LogP contribution in [0.15, 0.2) is 87.7 Å². The van der Waals surface area contributed by atoms with E-state index in [4.69, 9.17) is 20.4 Å². The summed E-state index contributed by atoms with van der Waals surface area (Å²) in [6, 6.07) is 26.0. The molecule has 0 bridgehead atoms. The van der Waals surface area contributed by atoms with Crippen molar-refractivity contribution in [3.05, 3.63) is 83.9 Å². The Balaban J connectivity index is 1.46. The smallest absolute Gasteiger partial charge is 0.137 e. The van der Waals surface area contributed by atoms with E-state index < -0.39 is 0 Å². The van der Waals surface area contributed by atoms with Gasteiger partial charge in [-0.15, -0.1) is 0 Å². The Morgan fingerprint density at radius 3 is 1.93 bits per heavy atom. The molecule has 0 aliphatic rings. The molecule has 4 heteroatoms. The summed E-state index contributed by atoms with van der Waals surface area (Å²) in [5, 5.41) is 8.33. The van der Waals surface area contributed by atoms with Gasteiger partial charge in [-0.2, -0.15) is 0 Å². The molecule has 2 aromatic heterocycles. The molecule has 0 aliphatic carbocycles. The molecule has 3 nitrogen and oxygen atoms in total. The van der Waals surface area contributed by atoms with E-state index in [0.29, 0.717) is 5.02 Å². The fourth-order valence-electron chi connectivity index (χ4n) is 3.80. The molecule has 1 N–H and O–H groups in total. The van der Waals surface area contributed by atoms with E-state index >= 15 is 0 Å². The molecule has 0 radical (unpaired) electrons. The summed E-state index contributed by atoms with van der Waals surface area (Å²) in [7, 11) is 0. The van der Waals surface area contributed by atoms with Crippen LogP contribution in [0.25, 0.3) is 43.9 Å². The van der Waals surface area contributed by atoms with Gasteiger partial charge in [-0.3, -0.25) is 0 Å². The van der Waals surface area contributed by atoms with Crippen LogP contribution < -0.4 is 5.32 Å². The lowest BCUT2D eigenvalue weighted by Crippen LogP contribution is -1.90. The topological polar surface area (TPSA) is 38.3 Å². The number of rotatable bonds is 2. The molecule has 6 aromatic rings. The van der Waals surface area contributed by atoms with Gasteiger partial charge in [-0.1, -0.05) is 48.0 Å². The van der Waals surface area contributed by atoms with Crippen molar-refractivity contribution in [2.75, 3.05) is 5.32 Å². The van der Waals surface area contributed by atoms with Gasteiger partial charge in [0.05, 0.1) is 10.7 Å². The molecule has 28 heavy (non-hydrogen) atoms. The largest absolute Gasteiger partial charge is 0.456 e. The van der Waals surface area contributed by atoms with Crippen molar-refractivity contribution in [3.63, 3.8) is 0 Å². The van der Waals surface area contributed by atoms with Crippen molar-refractivity contribution < 1.29 is 8.83 Å². The molecule has 2 heterocycles. The van der Waals surface area contributed by atoms with Gasteiger partial charge < -0.3 is 14.2 Å². The lowest BCUT2D eigenvalue weighted by molar-refractivity contribution is 0.669. The van der Waals surface area contributed by atoms with Crippen LogP contribution in [0, 0.1) is 0 Å². The number of hydrogen-bond acceptors (Lipinski definition) is 3. The first kappa shape index (κ1) is 15.6. The van der Waals surface area contributed by atoms with Gasteiger partial charge >= 0.3 is 0 Å². The molecule has 0 aliphatic heterocycles. The molecule has 0 unspecified atom stereocenters. The van der Waals surface area contributed by atoms with E-state index in [1.165, 1.54) is 0 Å². The van der Waals surface area contributed by atoms with Crippen molar-refractivity contribution >= 4 is 66.9 Å². The number of anilines is 2. The second kappa shape index (κ2) is 5.78. The monoisotopic (exact) mass is 383 g/mol. The third kappa shape index (κ3) is 2.30. The molecule has 6 rings (SSSR count). The Morgan fingerprint density at radius 1 is 0.571 bits per heavy atom. The van der Waals surface area contributed by atoms with Gasteiger partial charge in [-0.25, -0.2) is 0 Å². The predicted octanol–water partition coefficient (Wildman–Crippen LogP) is 7.88. The van der Waals surface area contributed by atoms with Crippen LogP contribution in [-0.2, 0) is 0 Å². The van der Waals surface area contributed by atoms with Crippen LogP contribution in [0.5, 0.6) is 0 Å². The van der Waals surface area contributed by atoms with Crippen LogP contribution in [0.1, 0.15) is 0 Å². The van der Waals surface area contributed by atoms with E-state index in [9.17, 15) is 0 Å². The normalized spacial score (nSPS) is 11.8. The second-order valence-electron chi connectivity index (χ2n) is 6.86. The third-order valence-electron chi connectivity index (χ3n) is 5.12. The number of fused-ring (bicyclic) bond motifs is 6. The van der Waals surface area contributed by atoms with E-state index in [1.807, 2.05) is 66.7 Å². The number of benzene rings is 4. The van der Waals surface area contributed by atoms with E-state index in [-0.39, 0.29) is 0 Å². The highest BCUT2D eigenvalue weighted by Gasteiger charge is 2.12. The highest BCUT2D eigenvalue weighted by Crippen LogP contribution is 2.37. The van der Waals surface area contributed by atoms with Crippen molar-refractivity contribution in [1.29, 1.82) is 0 Å². The average molecular weight is 384 g/mol. The molecule has 134 valence electrons. The quantitative estimate of drug-likeness (QED) is 0.330. The van der Waals surface area contributed by atoms with Gasteiger partial charge in [0.1, 0.15) is 22.3 Å². The summed E-state index contributed by atoms with van der Waals surface area (Å²) in [6.45, 7) is 0. The first-order chi connectivity index (χ1) is 13.8. The van der Waals surface area contributed by atoms with E-state index in [1.54, 1.807) is 0 Å². The molecule has 0 saturated heterocycles. The number of para-hydroxylation sites is 2. The zero-order valence-electron chi connectivity index (χ0n) is 14.7. The molecular formula is C24H14ClNO2. The molecule has 0 spiro atoms. The molecule has 4 aromatic carbocycles. The minimum Gasteiger partial charge on any atom is -0.456 e. The van der Waals surface area contributed by atoms with Crippen molar-refractivity contribution in [2.24, 2.45) is 0 Å². The lowest BCUT2D eigenvalue weighted by atomic mass is 10.1. The van der Waals surface area contributed by atoms with Gasteiger partial charge in [0, 0.05) is 39.4 Å². The maximum absolute atomic E-state index is 6.57. The lowest BCUT2D eigenvalue weighted by Gasteiger charge is -2.08. The summed E-state index contributed by atoms with van der Waals surface area (Å²) in [5.74, 6) is 0. The number of nitrogens with one attached hydrogen (secondary N) is 1. The van der Waals surface area contributed by atoms with Crippen LogP contribution in [0.2, 0.25) is 5.02 Å². The van der Waals surface area contributed by atoms with Crippen molar-refractivity contribution in [2.45, 2.75) is 0 Å². The maximum atomic E-state index is 6.57. The van der Waals surface area contributed by atoms with Gasteiger partial charge in [-0.05, 0) is 30.3 Å². The Hall–Kier alpha value is -3.43. The first-order valence-electron chi connectivity index (χ1n) is 9.05. The Kier molecular flexibility index (Phi) is 3.22.